The molecule has 1 N–H and O–H groups in total. The first-order chi connectivity index (χ1) is 11.3. The molecule has 0 aromatic heterocycles. The quantitative estimate of drug-likeness (QED) is 0.588. The number of rotatable bonds is 1. The predicted molar refractivity (Wildman–Crippen MR) is 88.7 cm³/mol. The van der Waals surface area contributed by atoms with Crippen LogP contribution in [-0.2, 0) is 4.79 Å². The van der Waals surface area contributed by atoms with Crippen molar-refractivity contribution in [3.05, 3.63) is 21.4 Å². The molecule has 0 saturated heterocycles. The highest BCUT2D eigenvalue weighted by Crippen LogP contribution is 2.65. The maximum atomic E-state index is 12.1. The Hall–Kier alpha value is -1.23. The fourth-order valence-corrected chi connectivity index (χ4v) is 6.87. The van der Waals surface area contributed by atoms with Crippen LogP contribution < -0.4 is 0 Å². The van der Waals surface area contributed by atoms with E-state index in [2.05, 4.69) is 13.8 Å². The Kier molecular flexibility index (Phi) is 3.48. The van der Waals surface area contributed by atoms with Crippen LogP contribution in [0.4, 0.5) is 0 Å². The second kappa shape index (κ2) is 5.13. The zero-order valence-electron chi connectivity index (χ0n) is 14.6. The maximum Gasteiger partial charge on any atom is 0.311 e. The Balaban J connectivity index is 1.75. The summed E-state index contributed by atoms with van der Waals surface area (Å²) in [7, 11) is 0. The fourth-order valence-electron chi connectivity index (χ4n) is 6.87. The van der Waals surface area contributed by atoms with Crippen LogP contribution >= 0.6 is 0 Å². The van der Waals surface area contributed by atoms with E-state index in [9.17, 15) is 20.0 Å². The van der Waals surface area contributed by atoms with E-state index < -0.39 is 4.92 Å². The number of hydrogen-bond donors (Lipinski definition) is 1. The van der Waals surface area contributed by atoms with Crippen molar-refractivity contribution in [1.82, 2.24) is 0 Å². The standard InChI is InChI=1S/C19H27NO4/c1-18-10-8-15(21)17(20(23)24)14(18)4-3-11-12-5-6-16(22)19(12,2)9-7-13(11)18/h11-13,16,22H,3-10H2,1-2H3/t11-,12-,13-,16-,18+,19-/m0/s1. The van der Waals surface area contributed by atoms with Gasteiger partial charge in [-0.3, -0.25) is 14.9 Å². The summed E-state index contributed by atoms with van der Waals surface area (Å²) >= 11 is 0. The van der Waals surface area contributed by atoms with Crippen molar-refractivity contribution >= 4 is 5.78 Å². The number of Topliss-reactive ketones (excluding diaryl/α,β-unsaturated/α-hetero) is 1. The molecule has 0 amide bonds. The fraction of sp³-hybridized carbons (Fsp3) is 0.842. The minimum absolute atomic E-state index is 0.0230. The van der Waals surface area contributed by atoms with Gasteiger partial charge < -0.3 is 5.11 Å². The number of allylic oxidation sites excluding steroid dienone is 1. The van der Waals surface area contributed by atoms with E-state index in [1.165, 1.54) is 0 Å². The number of carbonyl (C=O) groups is 1. The minimum atomic E-state index is -0.429. The van der Waals surface area contributed by atoms with E-state index in [-0.39, 0.29) is 28.4 Å². The predicted octanol–water partition coefficient (Wildman–Crippen LogP) is 3.48. The average molecular weight is 333 g/mol. The van der Waals surface area contributed by atoms with Crippen molar-refractivity contribution in [2.75, 3.05) is 0 Å². The molecule has 0 unspecified atom stereocenters. The van der Waals surface area contributed by atoms with Gasteiger partial charge in [0.25, 0.3) is 0 Å². The van der Waals surface area contributed by atoms with Crippen LogP contribution in [-0.4, -0.2) is 21.9 Å². The molecule has 0 radical (unpaired) electrons. The van der Waals surface area contributed by atoms with Crippen LogP contribution in [0.25, 0.3) is 0 Å². The van der Waals surface area contributed by atoms with Crippen LogP contribution in [0.15, 0.2) is 11.3 Å². The van der Waals surface area contributed by atoms with Crippen molar-refractivity contribution in [3.63, 3.8) is 0 Å². The number of ketones is 1. The first-order valence-electron chi connectivity index (χ1n) is 9.38. The largest absolute Gasteiger partial charge is 0.393 e. The van der Waals surface area contributed by atoms with Crippen molar-refractivity contribution in [1.29, 1.82) is 0 Å². The summed E-state index contributed by atoms with van der Waals surface area (Å²) in [6, 6.07) is 0. The van der Waals surface area contributed by atoms with Gasteiger partial charge >= 0.3 is 5.70 Å². The van der Waals surface area contributed by atoms with Crippen molar-refractivity contribution in [2.45, 2.75) is 71.3 Å². The van der Waals surface area contributed by atoms with Gasteiger partial charge in [-0.05, 0) is 73.5 Å². The SMILES string of the molecule is C[C@]12CC[C@H]3[C@@H](CCC4=C([N+](=O)[O-])C(=O)CC[C@@]43C)[C@@H]1CC[C@@H]2O. The summed E-state index contributed by atoms with van der Waals surface area (Å²) < 4.78 is 0. The molecule has 0 heterocycles. The van der Waals surface area contributed by atoms with Gasteiger partial charge in [-0.1, -0.05) is 13.8 Å². The Labute approximate surface area is 142 Å². The number of nitro groups is 1. The summed E-state index contributed by atoms with van der Waals surface area (Å²) in [5.74, 6) is 1.22. The van der Waals surface area contributed by atoms with E-state index >= 15 is 0 Å². The van der Waals surface area contributed by atoms with Crippen molar-refractivity contribution < 1.29 is 14.8 Å². The second-order valence-corrected chi connectivity index (χ2v) is 8.98. The molecule has 4 rings (SSSR count). The number of aliphatic hydroxyl groups is 1. The molecule has 3 fully saturated rings. The highest BCUT2D eigenvalue weighted by Gasteiger charge is 2.60. The molecule has 5 nitrogen and oxygen atoms in total. The van der Waals surface area contributed by atoms with Gasteiger partial charge in [0.15, 0.2) is 0 Å². The lowest BCUT2D eigenvalue weighted by Gasteiger charge is -2.57. The summed E-state index contributed by atoms with van der Waals surface area (Å²) in [6.07, 6.45) is 6.48. The topological polar surface area (TPSA) is 80.4 Å². The highest BCUT2D eigenvalue weighted by atomic mass is 16.6. The Bertz CT molecular complexity index is 641. The van der Waals surface area contributed by atoms with E-state index in [0.29, 0.717) is 30.6 Å². The Morgan fingerprint density at radius 3 is 2.54 bits per heavy atom. The molecule has 0 aromatic carbocycles. The minimum Gasteiger partial charge on any atom is -0.393 e. The van der Waals surface area contributed by atoms with Gasteiger partial charge in [0, 0.05) is 12.0 Å². The van der Waals surface area contributed by atoms with E-state index in [0.717, 1.165) is 44.1 Å². The molecular weight excluding hydrogens is 306 g/mol. The van der Waals surface area contributed by atoms with Crippen LogP contribution in [0, 0.1) is 38.7 Å². The lowest BCUT2D eigenvalue weighted by Crippen LogP contribution is -2.52. The molecule has 0 spiro atoms. The summed E-state index contributed by atoms with van der Waals surface area (Å²) in [5.41, 5.74) is 0.553. The summed E-state index contributed by atoms with van der Waals surface area (Å²) in [6.45, 7) is 4.41. The van der Waals surface area contributed by atoms with Gasteiger partial charge in [0.05, 0.1) is 11.0 Å². The molecule has 0 bridgehead atoms. The molecule has 4 aliphatic carbocycles. The number of carbonyl (C=O) groups excluding carboxylic acids is 1. The molecule has 0 aromatic rings. The third-order valence-electron chi connectivity index (χ3n) is 8.23. The molecular formula is C19H27NO4. The van der Waals surface area contributed by atoms with Crippen LogP contribution in [0.5, 0.6) is 0 Å². The van der Waals surface area contributed by atoms with Gasteiger partial charge in [-0.25, -0.2) is 0 Å². The van der Waals surface area contributed by atoms with Gasteiger partial charge in [0.1, 0.15) is 0 Å². The maximum absolute atomic E-state index is 12.1. The molecule has 24 heavy (non-hydrogen) atoms. The average Bonchev–Trinajstić information content (AvgIpc) is 2.83. The molecule has 132 valence electrons. The van der Waals surface area contributed by atoms with Gasteiger partial charge in [-0.2, -0.15) is 0 Å². The van der Waals surface area contributed by atoms with Gasteiger partial charge in [-0.15, -0.1) is 0 Å². The molecule has 5 heteroatoms. The zero-order valence-corrected chi connectivity index (χ0v) is 14.6. The summed E-state index contributed by atoms with van der Waals surface area (Å²) in [4.78, 5) is 23.2. The third-order valence-corrected chi connectivity index (χ3v) is 8.23. The first-order valence-corrected chi connectivity index (χ1v) is 9.38. The number of hydrogen-bond acceptors (Lipinski definition) is 4. The van der Waals surface area contributed by atoms with Crippen LogP contribution in [0.3, 0.4) is 0 Å². The van der Waals surface area contributed by atoms with E-state index in [1.54, 1.807) is 0 Å². The van der Waals surface area contributed by atoms with E-state index in [1.807, 2.05) is 0 Å². The van der Waals surface area contributed by atoms with Crippen molar-refractivity contribution in [3.8, 4) is 0 Å². The van der Waals surface area contributed by atoms with Gasteiger partial charge in [0.2, 0.25) is 5.78 Å². The first kappa shape index (κ1) is 16.2. The number of nitrogens with zero attached hydrogens (tertiary/aromatic N) is 1. The summed E-state index contributed by atoms with van der Waals surface area (Å²) in [5, 5.41) is 22.0. The Morgan fingerprint density at radius 1 is 1.08 bits per heavy atom. The molecule has 6 atom stereocenters. The second-order valence-electron chi connectivity index (χ2n) is 8.98. The number of fused-ring (bicyclic) bond motifs is 5. The van der Waals surface area contributed by atoms with Crippen molar-refractivity contribution in [2.24, 2.45) is 28.6 Å². The zero-order chi connectivity index (χ0) is 17.3. The molecule has 4 aliphatic rings. The lowest BCUT2D eigenvalue weighted by atomic mass is 9.47. The van der Waals surface area contributed by atoms with E-state index in [4.69, 9.17) is 0 Å². The lowest BCUT2D eigenvalue weighted by molar-refractivity contribution is -0.422. The molecule has 3 saturated carbocycles. The smallest absolute Gasteiger partial charge is 0.311 e. The monoisotopic (exact) mass is 333 g/mol. The highest BCUT2D eigenvalue weighted by molar-refractivity contribution is 5.95. The molecule has 0 aliphatic heterocycles. The van der Waals surface area contributed by atoms with Crippen LogP contribution in [0.2, 0.25) is 0 Å². The Morgan fingerprint density at radius 2 is 1.83 bits per heavy atom. The third kappa shape index (κ3) is 1.94. The van der Waals surface area contributed by atoms with Crippen LogP contribution in [0.1, 0.15) is 65.2 Å². The number of aliphatic hydroxyl groups excluding tert-OH is 1. The normalized spacial score (nSPS) is 47.9.